The first-order chi connectivity index (χ1) is 7.50. The summed E-state index contributed by atoms with van der Waals surface area (Å²) in [5, 5.41) is 10.5. The number of benzene rings is 1. The van der Waals surface area contributed by atoms with Crippen molar-refractivity contribution in [3.05, 3.63) is 39.9 Å². The van der Waals surface area contributed by atoms with Crippen molar-refractivity contribution in [2.75, 3.05) is 5.73 Å². The van der Waals surface area contributed by atoms with E-state index in [1.54, 1.807) is 0 Å². The fourth-order valence-electron chi connectivity index (χ4n) is 1.41. The lowest BCUT2D eigenvalue weighted by Gasteiger charge is -2.05. The van der Waals surface area contributed by atoms with Crippen molar-refractivity contribution in [1.29, 1.82) is 0 Å². The molecule has 1 heterocycles. The van der Waals surface area contributed by atoms with E-state index in [0.29, 0.717) is 0 Å². The summed E-state index contributed by atoms with van der Waals surface area (Å²) in [5.74, 6) is -2.38. The number of carboxylic acids is 1. The molecule has 5 nitrogen and oxygen atoms in total. The third-order valence-corrected chi connectivity index (χ3v) is 2.22. The van der Waals surface area contributed by atoms with Gasteiger partial charge in [0.05, 0.1) is 22.7 Å². The molecule has 0 saturated carbocycles. The number of hydrogen-bond donors (Lipinski definition) is 2. The van der Waals surface area contributed by atoms with E-state index in [1.807, 2.05) is 0 Å². The molecule has 3 N–H and O–H groups in total. The second kappa shape index (κ2) is 3.34. The van der Waals surface area contributed by atoms with E-state index in [4.69, 9.17) is 5.73 Å². The lowest BCUT2D eigenvalue weighted by molar-refractivity contribution is -0.255. The van der Waals surface area contributed by atoms with Gasteiger partial charge >= 0.3 is 0 Å². The quantitative estimate of drug-likeness (QED) is 0.640. The molecule has 0 saturated heterocycles. The number of aromatic amines is 1. The number of carbonyl (C=O) groups excluding carboxylic acids is 1. The molecule has 0 radical (unpaired) electrons. The Morgan fingerprint density at radius 1 is 1.44 bits per heavy atom. The average molecular weight is 221 g/mol. The molecule has 0 aliphatic heterocycles. The Kier molecular flexibility index (Phi) is 2.12. The molecule has 0 bridgehead atoms. The van der Waals surface area contributed by atoms with Crippen LogP contribution in [-0.2, 0) is 0 Å². The first kappa shape index (κ1) is 10.2. The molecule has 16 heavy (non-hydrogen) atoms. The van der Waals surface area contributed by atoms with Crippen LogP contribution in [0, 0.1) is 5.82 Å². The lowest BCUT2D eigenvalue weighted by Crippen LogP contribution is -2.29. The van der Waals surface area contributed by atoms with E-state index in [9.17, 15) is 19.1 Å². The maximum Gasteiger partial charge on any atom is 0.198 e. The van der Waals surface area contributed by atoms with Crippen molar-refractivity contribution in [2.24, 2.45) is 0 Å². The van der Waals surface area contributed by atoms with Gasteiger partial charge in [0.1, 0.15) is 5.82 Å². The van der Waals surface area contributed by atoms with Crippen molar-refractivity contribution in [1.82, 2.24) is 4.98 Å². The summed E-state index contributed by atoms with van der Waals surface area (Å²) >= 11 is 0. The first-order valence-corrected chi connectivity index (χ1v) is 4.32. The monoisotopic (exact) mass is 221 g/mol. The molecule has 0 unspecified atom stereocenters. The van der Waals surface area contributed by atoms with Gasteiger partial charge in [0.15, 0.2) is 5.43 Å². The van der Waals surface area contributed by atoms with Gasteiger partial charge < -0.3 is 20.6 Å². The van der Waals surface area contributed by atoms with Gasteiger partial charge in [-0.25, -0.2) is 4.39 Å². The van der Waals surface area contributed by atoms with Crippen LogP contribution in [0.2, 0.25) is 0 Å². The smallest absolute Gasteiger partial charge is 0.198 e. The van der Waals surface area contributed by atoms with E-state index >= 15 is 0 Å². The minimum Gasteiger partial charge on any atom is -0.545 e. The molecular weight excluding hydrogens is 215 g/mol. The second-order valence-electron chi connectivity index (χ2n) is 3.24. The van der Waals surface area contributed by atoms with Crippen LogP contribution >= 0.6 is 0 Å². The summed E-state index contributed by atoms with van der Waals surface area (Å²) in [6.07, 6.45) is 0.997. The maximum atomic E-state index is 13.1. The standard InChI is InChI=1S/C10H7FN2O3/c11-6-1-4-8(2-7(6)12)13-3-5(9(4)14)10(15)16/h1-3H,12H2,(H,13,14)(H,15,16)/p-1. The van der Waals surface area contributed by atoms with Gasteiger partial charge in [0, 0.05) is 11.6 Å². The summed E-state index contributed by atoms with van der Waals surface area (Å²) < 4.78 is 13.1. The van der Waals surface area contributed by atoms with E-state index in [1.165, 1.54) is 6.07 Å². The highest BCUT2D eigenvalue weighted by Gasteiger charge is 2.08. The number of carboxylic acid groups (broad SMARTS) is 1. The first-order valence-electron chi connectivity index (χ1n) is 4.32. The lowest BCUT2D eigenvalue weighted by atomic mass is 10.1. The van der Waals surface area contributed by atoms with Gasteiger partial charge in [0.25, 0.3) is 0 Å². The highest BCUT2D eigenvalue weighted by Crippen LogP contribution is 2.16. The number of carbonyl (C=O) groups is 1. The van der Waals surface area contributed by atoms with Crippen molar-refractivity contribution in [3.8, 4) is 0 Å². The SMILES string of the molecule is Nc1cc2[nH]cc(C(=O)[O-])c(=O)c2cc1F. The van der Waals surface area contributed by atoms with E-state index in [-0.39, 0.29) is 16.6 Å². The summed E-state index contributed by atoms with van der Waals surface area (Å²) in [4.78, 5) is 24.7. The Balaban J connectivity index is 2.90. The van der Waals surface area contributed by atoms with E-state index < -0.39 is 22.8 Å². The van der Waals surface area contributed by atoms with Crippen LogP contribution in [-0.4, -0.2) is 11.0 Å². The number of nitrogens with two attached hydrogens (primary N) is 1. The van der Waals surface area contributed by atoms with E-state index in [0.717, 1.165) is 12.3 Å². The normalized spacial score (nSPS) is 10.6. The molecular formula is C10H6FN2O3-. The number of aromatic nitrogens is 1. The molecule has 2 rings (SSSR count). The highest BCUT2D eigenvalue weighted by atomic mass is 19.1. The van der Waals surface area contributed by atoms with Crippen LogP contribution < -0.4 is 16.3 Å². The number of nitrogens with one attached hydrogen (secondary N) is 1. The Hall–Kier alpha value is -2.37. The van der Waals surface area contributed by atoms with Crippen LogP contribution in [0.4, 0.5) is 10.1 Å². The molecule has 82 valence electrons. The molecule has 0 atom stereocenters. The number of aromatic carboxylic acids is 1. The number of nitrogen functional groups attached to an aromatic ring is 1. The molecule has 1 aromatic carbocycles. The molecule has 0 fully saturated rings. The maximum absolute atomic E-state index is 13.1. The number of fused-ring (bicyclic) bond motifs is 1. The summed E-state index contributed by atoms with van der Waals surface area (Å²) in [5.41, 5.74) is 4.12. The van der Waals surface area contributed by atoms with Crippen molar-refractivity contribution >= 4 is 22.6 Å². The summed E-state index contributed by atoms with van der Waals surface area (Å²) in [6.45, 7) is 0. The van der Waals surface area contributed by atoms with Crippen molar-refractivity contribution < 1.29 is 14.3 Å². The number of rotatable bonds is 1. The number of H-pyrrole nitrogens is 1. The predicted octanol–water partition coefficient (Wildman–Crippen LogP) is -0.387. The van der Waals surface area contributed by atoms with Gasteiger partial charge in [-0.1, -0.05) is 0 Å². The summed E-state index contributed by atoms with van der Waals surface area (Å²) in [6, 6.07) is 2.13. The molecule has 6 heteroatoms. The highest BCUT2D eigenvalue weighted by molar-refractivity contribution is 5.91. The minimum atomic E-state index is -1.61. The second-order valence-corrected chi connectivity index (χ2v) is 3.24. The topological polar surface area (TPSA) is 99.0 Å². The van der Waals surface area contributed by atoms with Crippen LogP contribution in [0.5, 0.6) is 0 Å². The van der Waals surface area contributed by atoms with Gasteiger partial charge in [-0.3, -0.25) is 4.79 Å². The molecule has 0 amide bonds. The van der Waals surface area contributed by atoms with Gasteiger partial charge in [-0.2, -0.15) is 0 Å². The van der Waals surface area contributed by atoms with Gasteiger partial charge in [-0.05, 0) is 12.1 Å². The zero-order valence-electron chi connectivity index (χ0n) is 7.91. The number of anilines is 1. The molecule has 0 aliphatic carbocycles. The van der Waals surface area contributed by atoms with Crippen LogP contribution in [0.25, 0.3) is 10.9 Å². The van der Waals surface area contributed by atoms with Crippen LogP contribution in [0.1, 0.15) is 10.4 Å². The molecule has 1 aromatic heterocycles. The zero-order chi connectivity index (χ0) is 11.9. The molecule has 2 aromatic rings. The minimum absolute atomic E-state index is 0.0756. The number of halogens is 1. The fourth-order valence-corrected chi connectivity index (χ4v) is 1.41. The largest absolute Gasteiger partial charge is 0.545 e. The van der Waals surface area contributed by atoms with Crippen molar-refractivity contribution in [3.63, 3.8) is 0 Å². The number of hydrogen-bond acceptors (Lipinski definition) is 4. The third kappa shape index (κ3) is 1.40. The fraction of sp³-hybridized carbons (Fsp3) is 0. The molecule has 0 aliphatic rings. The zero-order valence-corrected chi connectivity index (χ0v) is 7.91. The van der Waals surface area contributed by atoms with Gasteiger partial charge in [-0.15, -0.1) is 0 Å². The Labute approximate surface area is 88.3 Å². The Morgan fingerprint density at radius 2 is 2.12 bits per heavy atom. The molecule has 0 spiro atoms. The number of pyridine rings is 1. The van der Waals surface area contributed by atoms with Crippen molar-refractivity contribution in [2.45, 2.75) is 0 Å². The third-order valence-electron chi connectivity index (χ3n) is 2.22. The van der Waals surface area contributed by atoms with Gasteiger partial charge in [0.2, 0.25) is 0 Å². The van der Waals surface area contributed by atoms with Crippen LogP contribution in [0.15, 0.2) is 23.1 Å². The Bertz CT molecular complexity index is 648. The predicted molar refractivity (Wildman–Crippen MR) is 53.3 cm³/mol. The van der Waals surface area contributed by atoms with E-state index in [2.05, 4.69) is 4.98 Å². The summed E-state index contributed by atoms with van der Waals surface area (Å²) in [7, 11) is 0. The average Bonchev–Trinajstić information content (AvgIpc) is 2.21. The Morgan fingerprint density at radius 3 is 2.75 bits per heavy atom. The van der Waals surface area contributed by atoms with Crippen LogP contribution in [0.3, 0.4) is 0 Å².